The molecule has 0 nitrogen and oxygen atoms in total. The molecule has 13 heavy (non-hydrogen) atoms. The van der Waals surface area contributed by atoms with Gasteiger partial charge in [0.1, 0.15) is 0 Å². The lowest BCUT2D eigenvalue weighted by Gasteiger charge is -2.23. The second kappa shape index (κ2) is 7.87. The van der Waals surface area contributed by atoms with Crippen molar-refractivity contribution in [2.24, 2.45) is 0 Å². The van der Waals surface area contributed by atoms with E-state index < -0.39 is 7.38 Å². The Morgan fingerprint density at radius 1 is 0.769 bits per heavy atom. The molecule has 0 aliphatic rings. The predicted octanol–water partition coefficient (Wildman–Crippen LogP) is 5.18. The fraction of sp³-hybridized carbons (Fsp3) is 1.00. The Labute approximate surface area is 89.8 Å². The van der Waals surface area contributed by atoms with E-state index in [1.54, 1.807) is 0 Å². The number of unbranched alkanes of at least 4 members (excludes halogenated alkanes) is 2. The summed E-state index contributed by atoms with van der Waals surface area (Å²) in [7, 11) is -1.31. The molecule has 0 unspecified atom stereocenters. The maximum atomic E-state index is 6.71. The second-order valence-corrected chi connectivity index (χ2v) is 10.3. The van der Waals surface area contributed by atoms with Crippen molar-refractivity contribution in [2.75, 3.05) is 0 Å². The van der Waals surface area contributed by atoms with Gasteiger partial charge in [0, 0.05) is 0 Å². The Balaban J connectivity index is 3.76. The summed E-state index contributed by atoms with van der Waals surface area (Å²) in [4.78, 5) is 0. The molecule has 2 heteroatoms. The van der Waals surface area contributed by atoms with E-state index in [-0.39, 0.29) is 0 Å². The molecule has 0 atom stereocenters. The zero-order valence-electron chi connectivity index (χ0n) is 9.53. The zero-order chi connectivity index (χ0) is 10.2. The molecule has 0 radical (unpaired) electrons. The molecule has 0 heterocycles. The number of hydrogen-bond donors (Lipinski definition) is 0. The van der Waals surface area contributed by atoms with Crippen molar-refractivity contribution in [3.05, 3.63) is 0 Å². The lowest BCUT2D eigenvalue weighted by atomic mass is 10.3. The molecule has 0 aromatic carbocycles. The average molecular weight is 221 g/mol. The van der Waals surface area contributed by atoms with E-state index >= 15 is 0 Å². The fourth-order valence-electron chi connectivity index (χ4n) is 1.96. The molecular formula is C11H25ClSi. The zero-order valence-corrected chi connectivity index (χ0v) is 11.3. The van der Waals surface area contributed by atoms with E-state index in [9.17, 15) is 0 Å². The highest BCUT2D eigenvalue weighted by Gasteiger charge is 2.27. The smallest absolute Gasteiger partial charge is 0.156 e. The molecule has 0 amide bonds. The van der Waals surface area contributed by atoms with Crippen molar-refractivity contribution in [3.63, 3.8) is 0 Å². The summed E-state index contributed by atoms with van der Waals surface area (Å²) in [6.45, 7) is 6.79. The monoisotopic (exact) mass is 220 g/mol. The average Bonchev–Trinajstić information content (AvgIpc) is 2.05. The van der Waals surface area contributed by atoms with E-state index in [4.69, 9.17) is 11.1 Å². The Kier molecular flexibility index (Phi) is 8.18. The quantitative estimate of drug-likeness (QED) is 0.300. The first-order valence-electron chi connectivity index (χ1n) is 5.87. The summed E-state index contributed by atoms with van der Waals surface area (Å²) in [5.74, 6) is 0. The van der Waals surface area contributed by atoms with Gasteiger partial charge >= 0.3 is 0 Å². The molecule has 0 aliphatic carbocycles. The second-order valence-electron chi connectivity index (χ2n) is 4.11. The topological polar surface area (TPSA) is 0 Å². The lowest BCUT2D eigenvalue weighted by molar-refractivity contribution is 0.758. The van der Waals surface area contributed by atoms with Crippen LogP contribution in [0.2, 0.25) is 18.1 Å². The van der Waals surface area contributed by atoms with Gasteiger partial charge in [-0.2, -0.15) is 11.1 Å². The van der Waals surface area contributed by atoms with Crippen molar-refractivity contribution in [1.29, 1.82) is 0 Å². The van der Waals surface area contributed by atoms with Gasteiger partial charge in [0.2, 0.25) is 0 Å². The van der Waals surface area contributed by atoms with Crippen molar-refractivity contribution < 1.29 is 0 Å². The Morgan fingerprint density at radius 2 is 1.31 bits per heavy atom. The minimum atomic E-state index is -1.31. The van der Waals surface area contributed by atoms with E-state index in [0.717, 1.165) is 0 Å². The minimum absolute atomic E-state index is 1.28. The molecule has 0 fully saturated rings. The minimum Gasteiger partial charge on any atom is -0.167 e. The van der Waals surface area contributed by atoms with Crippen LogP contribution in [0.15, 0.2) is 0 Å². The first kappa shape index (κ1) is 13.5. The van der Waals surface area contributed by atoms with Gasteiger partial charge in [-0.25, -0.2) is 0 Å². The highest BCUT2D eigenvalue weighted by atomic mass is 35.6. The van der Waals surface area contributed by atoms with Crippen molar-refractivity contribution >= 4 is 18.5 Å². The van der Waals surface area contributed by atoms with Gasteiger partial charge in [-0.3, -0.25) is 0 Å². The van der Waals surface area contributed by atoms with Crippen LogP contribution in [0.3, 0.4) is 0 Å². The number of hydrogen-bond acceptors (Lipinski definition) is 0. The number of rotatable bonds is 8. The maximum Gasteiger partial charge on any atom is 0.156 e. The van der Waals surface area contributed by atoms with E-state index in [2.05, 4.69) is 20.8 Å². The van der Waals surface area contributed by atoms with Crippen LogP contribution in [0, 0.1) is 0 Å². The molecule has 0 aromatic heterocycles. The summed E-state index contributed by atoms with van der Waals surface area (Å²) in [5, 5.41) is 0. The van der Waals surface area contributed by atoms with Gasteiger partial charge in [-0.05, 0) is 18.1 Å². The molecule has 0 N–H and O–H groups in total. The van der Waals surface area contributed by atoms with Crippen LogP contribution in [0.25, 0.3) is 0 Å². The first-order chi connectivity index (χ1) is 6.18. The molecule has 0 bridgehead atoms. The van der Waals surface area contributed by atoms with Gasteiger partial charge in [0.25, 0.3) is 0 Å². The maximum absolute atomic E-state index is 6.71. The van der Waals surface area contributed by atoms with Crippen LogP contribution in [0.5, 0.6) is 0 Å². The highest BCUT2D eigenvalue weighted by Crippen LogP contribution is 2.30. The van der Waals surface area contributed by atoms with E-state index in [0.29, 0.717) is 0 Å². The Bertz CT molecular complexity index is 109. The largest absolute Gasteiger partial charge is 0.167 e. The van der Waals surface area contributed by atoms with Crippen LogP contribution >= 0.6 is 11.1 Å². The Morgan fingerprint density at radius 3 is 1.69 bits per heavy atom. The van der Waals surface area contributed by atoms with E-state index in [1.807, 2.05) is 0 Å². The standard InChI is InChI=1S/C11H25ClSi/c1-4-7-8-11-13(12,9-5-2)10-6-3/h4-11H2,1-3H3. The molecule has 0 saturated heterocycles. The summed E-state index contributed by atoms with van der Waals surface area (Å²) < 4.78 is 0. The summed E-state index contributed by atoms with van der Waals surface area (Å²) >= 11 is 6.71. The van der Waals surface area contributed by atoms with Crippen LogP contribution in [0.4, 0.5) is 0 Å². The molecule has 80 valence electrons. The van der Waals surface area contributed by atoms with Gasteiger partial charge in [-0.1, -0.05) is 52.9 Å². The van der Waals surface area contributed by atoms with Crippen LogP contribution < -0.4 is 0 Å². The van der Waals surface area contributed by atoms with Gasteiger partial charge < -0.3 is 0 Å². The number of halogens is 1. The van der Waals surface area contributed by atoms with Gasteiger partial charge in [-0.15, -0.1) is 0 Å². The molecule has 0 aliphatic heterocycles. The molecule has 0 aromatic rings. The third kappa shape index (κ3) is 6.56. The summed E-state index contributed by atoms with van der Waals surface area (Å²) in [6.07, 6.45) is 6.62. The predicted molar refractivity (Wildman–Crippen MR) is 66.1 cm³/mol. The normalized spacial score (nSPS) is 12.0. The summed E-state index contributed by atoms with van der Waals surface area (Å²) in [5.41, 5.74) is 0. The first-order valence-corrected chi connectivity index (χ1v) is 9.50. The fourth-order valence-corrected chi connectivity index (χ4v) is 6.92. The van der Waals surface area contributed by atoms with Gasteiger partial charge in [0.05, 0.1) is 0 Å². The van der Waals surface area contributed by atoms with Gasteiger partial charge in [0.15, 0.2) is 7.38 Å². The van der Waals surface area contributed by atoms with Crippen LogP contribution in [0.1, 0.15) is 52.9 Å². The third-order valence-electron chi connectivity index (χ3n) is 2.62. The van der Waals surface area contributed by atoms with E-state index in [1.165, 1.54) is 50.2 Å². The highest BCUT2D eigenvalue weighted by molar-refractivity contribution is 7.20. The SMILES string of the molecule is CCCCC[Si](Cl)(CCC)CCC. The molecular weight excluding hydrogens is 196 g/mol. The molecule has 0 saturated carbocycles. The van der Waals surface area contributed by atoms with Crippen molar-refractivity contribution in [1.82, 2.24) is 0 Å². The van der Waals surface area contributed by atoms with Crippen LogP contribution in [-0.4, -0.2) is 7.38 Å². The molecule has 0 spiro atoms. The molecule has 0 rings (SSSR count). The van der Waals surface area contributed by atoms with Crippen molar-refractivity contribution in [2.45, 2.75) is 71.0 Å². The lowest BCUT2D eigenvalue weighted by Crippen LogP contribution is -2.25. The van der Waals surface area contributed by atoms with Crippen molar-refractivity contribution in [3.8, 4) is 0 Å². The summed E-state index contributed by atoms with van der Waals surface area (Å²) in [6, 6.07) is 4.00. The Hall–Kier alpha value is 0.507. The van der Waals surface area contributed by atoms with Crippen LogP contribution in [-0.2, 0) is 0 Å². The third-order valence-corrected chi connectivity index (χ3v) is 8.37.